The Kier molecular flexibility index (Phi) is 5.27. The number of amides is 1. The van der Waals surface area contributed by atoms with Crippen molar-refractivity contribution >= 4 is 48.9 Å². The summed E-state index contributed by atoms with van der Waals surface area (Å²) in [7, 11) is -3.51. The average Bonchev–Trinajstić information content (AvgIpc) is 2.91. The molecule has 1 amide bonds. The van der Waals surface area contributed by atoms with Gasteiger partial charge in [-0.2, -0.15) is 4.31 Å². The first kappa shape index (κ1) is 18.8. The Hall–Kier alpha value is -2.03. The number of carbonyl (C=O) groups is 1. The van der Waals surface area contributed by atoms with Gasteiger partial charge in [0.05, 0.1) is 16.3 Å². The molecule has 1 N–H and O–H groups in total. The van der Waals surface area contributed by atoms with Crippen molar-refractivity contribution in [1.29, 1.82) is 0 Å². The van der Waals surface area contributed by atoms with Gasteiger partial charge in [0.15, 0.2) is 0 Å². The molecule has 0 atom stereocenters. The van der Waals surface area contributed by atoms with Gasteiger partial charge in [0.25, 0.3) is 5.91 Å². The first-order valence-electron chi connectivity index (χ1n) is 8.17. The molecule has 8 heteroatoms. The minimum atomic E-state index is -3.51. The molecule has 1 aliphatic rings. The fraction of sp³-hybridized carbons (Fsp3) is 0.222. The first-order valence-corrected chi connectivity index (χ1v) is 10.4. The number of anilines is 1. The van der Waals surface area contributed by atoms with Crippen LogP contribution in [0.15, 0.2) is 56.8 Å². The van der Waals surface area contributed by atoms with E-state index >= 15 is 0 Å². The highest BCUT2D eigenvalue weighted by Crippen LogP contribution is 2.29. The van der Waals surface area contributed by atoms with Crippen molar-refractivity contribution in [3.63, 3.8) is 0 Å². The number of hydrogen-bond acceptors (Lipinski definition) is 4. The number of halogens is 1. The summed E-state index contributed by atoms with van der Waals surface area (Å²) in [5.74, 6) is -0.280. The number of nitrogens with zero attached hydrogens (tertiary/aromatic N) is 2. The molecular weight excluding hydrogens is 418 g/mol. The van der Waals surface area contributed by atoms with Crippen molar-refractivity contribution in [2.45, 2.75) is 18.7 Å². The summed E-state index contributed by atoms with van der Waals surface area (Å²) in [4.78, 5) is 16.8. The summed E-state index contributed by atoms with van der Waals surface area (Å²) in [5.41, 5.74) is 2.24. The molecule has 0 spiro atoms. The zero-order chi connectivity index (χ0) is 18.9. The standard InChI is InChI=1S/C18H18BrN3O3S/c1-3-22(4-2)26(24,25)14-8-6-13(7-9-14)20-17-15-11-12(19)5-10-16(15)21-18(17)23/h5-11H,3-4H2,1-2H3,(H,20,21,23). The van der Waals surface area contributed by atoms with Gasteiger partial charge < -0.3 is 5.32 Å². The number of hydrogen-bond donors (Lipinski definition) is 1. The van der Waals surface area contributed by atoms with Crippen LogP contribution < -0.4 is 5.32 Å². The number of sulfonamides is 1. The van der Waals surface area contributed by atoms with E-state index in [4.69, 9.17) is 0 Å². The van der Waals surface area contributed by atoms with Gasteiger partial charge in [-0.25, -0.2) is 13.4 Å². The lowest BCUT2D eigenvalue weighted by Crippen LogP contribution is -2.30. The largest absolute Gasteiger partial charge is 0.320 e. The third-order valence-electron chi connectivity index (χ3n) is 4.12. The van der Waals surface area contributed by atoms with E-state index < -0.39 is 10.0 Å². The lowest BCUT2D eigenvalue weighted by atomic mass is 10.1. The predicted octanol–water partition coefficient (Wildman–Crippen LogP) is 3.55. The quantitative estimate of drug-likeness (QED) is 0.779. The van der Waals surface area contributed by atoms with E-state index in [-0.39, 0.29) is 10.8 Å². The lowest BCUT2D eigenvalue weighted by molar-refractivity contribution is -0.110. The molecule has 1 aliphatic heterocycles. The summed E-state index contributed by atoms with van der Waals surface area (Å²) in [5, 5.41) is 2.77. The summed E-state index contributed by atoms with van der Waals surface area (Å²) in [6.45, 7) is 4.43. The molecule has 0 unspecified atom stereocenters. The Labute approximate surface area is 161 Å². The monoisotopic (exact) mass is 435 g/mol. The molecule has 1 heterocycles. The van der Waals surface area contributed by atoms with E-state index in [0.29, 0.717) is 35.7 Å². The molecular formula is C18H18BrN3O3S. The van der Waals surface area contributed by atoms with Gasteiger partial charge in [-0.05, 0) is 42.5 Å². The van der Waals surface area contributed by atoms with E-state index in [2.05, 4.69) is 26.2 Å². The van der Waals surface area contributed by atoms with Crippen molar-refractivity contribution in [1.82, 2.24) is 4.31 Å². The Balaban J connectivity index is 1.95. The van der Waals surface area contributed by atoms with Gasteiger partial charge in [-0.1, -0.05) is 29.8 Å². The molecule has 0 aromatic heterocycles. The zero-order valence-electron chi connectivity index (χ0n) is 14.4. The zero-order valence-corrected chi connectivity index (χ0v) is 16.8. The molecule has 3 rings (SSSR count). The van der Waals surface area contributed by atoms with Crippen molar-refractivity contribution in [2.75, 3.05) is 18.4 Å². The molecule has 0 saturated heterocycles. The molecule has 0 aliphatic carbocycles. The summed E-state index contributed by atoms with van der Waals surface area (Å²) < 4.78 is 27.3. The Morgan fingerprint density at radius 3 is 2.35 bits per heavy atom. The number of benzene rings is 2. The number of fused-ring (bicyclic) bond motifs is 1. The van der Waals surface area contributed by atoms with Gasteiger partial charge in [0.2, 0.25) is 10.0 Å². The number of nitrogens with one attached hydrogen (secondary N) is 1. The number of aliphatic imine (C=N–C) groups is 1. The molecule has 136 valence electrons. The SMILES string of the molecule is CCN(CC)S(=O)(=O)c1ccc(N=C2C(=O)Nc3ccc(Br)cc32)cc1. The highest BCUT2D eigenvalue weighted by Gasteiger charge is 2.26. The van der Waals surface area contributed by atoms with Gasteiger partial charge >= 0.3 is 0 Å². The lowest BCUT2D eigenvalue weighted by Gasteiger charge is -2.18. The maximum Gasteiger partial charge on any atom is 0.275 e. The van der Waals surface area contributed by atoms with Crippen LogP contribution >= 0.6 is 15.9 Å². The van der Waals surface area contributed by atoms with Crippen LogP contribution in [0, 0.1) is 0 Å². The summed E-state index contributed by atoms with van der Waals surface area (Å²) >= 11 is 3.39. The van der Waals surface area contributed by atoms with Gasteiger partial charge in [-0.3, -0.25) is 4.79 Å². The van der Waals surface area contributed by atoms with Crippen LogP contribution in [0.2, 0.25) is 0 Å². The van der Waals surface area contributed by atoms with Gasteiger partial charge in [0, 0.05) is 23.1 Å². The van der Waals surface area contributed by atoms with Crippen LogP contribution in [0.3, 0.4) is 0 Å². The van der Waals surface area contributed by atoms with Gasteiger partial charge in [0.1, 0.15) is 5.71 Å². The summed E-state index contributed by atoms with van der Waals surface area (Å²) in [6.07, 6.45) is 0. The highest BCUT2D eigenvalue weighted by atomic mass is 79.9. The van der Waals surface area contributed by atoms with E-state index in [9.17, 15) is 13.2 Å². The normalized spacial score (nSPS) is 15.4. The van der Waals surface area contributed by atoms with Crippen LogP contribution in [0.5, 0.6) is 0 Å². The molecule has 0 radical (unpaired) electrons. The topological polar surface area (TPSA) is 78.8 Å². The van der Waals surface area contributed by atoms with Crippen LogP contribution in [0.25, 0.3) is 0 Å². The third-order valence-corrected chi connectivity index (χ3v) is 6.68. The van der Waals surface area contributed by atoms with Crippen LogP contribution in [0.4, 0.5) is 11.4 Å². The fourth-order valence-corrected chi connectivity index (χ4v) is 4.59. The average molecular weight is 436 g/mol. The maximum atomic E-state index is 12.5. The van der Waals surface area contributed by atoms with Crippen LogP contribution in [0.1, 0.15) is 19.4 Å². The van der Waals surface area contributed by atoms with Crippen molar-refractivity contribution in [3.05, 3.63) is 52.5 Å². The van der Waals surface area contributed by atoms with E-state index in [1.807, 2.05) is 12.1 Å². The molecule has 0 bridgehead atoms. The van der Waals surface area contributed by atoms with Crippen LogP contribution in [-0.2, 0) is 14.8 Å². The van der Waals surface area contributed by atoms with E-state index in [0.717, 1.165) is 4.47 Å². The molecule has 26 heavy (non-hydrogen) atoms. The van der Waals surface area contributed by atoms with Crippen molar-refractivity contribution < 1.29 is 13.2 Å². The molecule has 2 aromatic carbocycles. The second-order valence-corrected chi connectivity index (χ2v) is 8.54. The predicted molar refractivity (Wildman–Crippen MR) is 106 cm³/mol. The number of rotatable bonds is 5. The van der Waals surface area contributed by atoms with Crippen LogP contribution in [-0.4, -0.2) is 37.4 Å². The van der Waals surface area contributed by atoms with E-state index in [1.54, 1.807) is 32.0 Å². The van der Waals surface area contributed by atoms with Crippen molar-refractivity contribution in [3.8, 4) is 0 Å². The Morgan fingerprint density at radius 1 is 1.08 bits per heavy atom. The van der Waals surface area contributed by atoms with Gasteiger partial charge in [-0.15, -0.1) is 0 Å². The second-order valence-electron chi connectivity index (χ2n) is 5.69. The Morgan fingerprint density at radius 2 is 1.73 bits per heavy atom. The van der Waals surface area contributed by atoms with Crippen molar-refractivity contribution in [2.24, 2.45) is 4.99 Å². The smallest absolute Gasteiger partial charge is 0.275 e. The first-order chi connectivity index (χ1) is 12.4. The third kappa shape index (κ3) is 3.44. The fourth-order valence-electron chi connectivity index (χ4n) is 2.77. The van der Waals surface area contributed by atoms with E-state index in [1.165, 1.54) is 16.4 Å². The highest BCUT2D eigenvalue weighted by molar-refractivity contribution is 9.10. The second kappa shape index (κ2) is 7.30. The Bertz CT molecular complexity index is 981. The minimum absolute atomic E-state index is 0.212. The molecule has 0 saturated carbocycles. The maximum absolute atomic E-state index is 12.5. The minimum Gasteiger partial charge on any atom is -0.320 e. The molecule has 6 nitrogen and oxygen atoms in total. The molecule has 0 fully saturated rings. The number of carbonyl (C=O) groups excluding carboxylic acids is 1. The molecule has 2 aromatic rings. The summed E-state index contributed by atoms with van der Waals surface area (Å²) in [6, 6.07) is 11.7.